The summed E-state index contributed by atoms with van der Waals surface area (Å²) < 4.78 is 24.7. The lowest BCUT2D eigenvalue weighted by Gasteiger charge is -2.45. The number of nitrogens with zero attached hydrogens (tertiary/aromatic N) is 3. The molecule has 1 aromatic heterocycles. The summed E-state index contributed by atoms with van der Waals surface area (Å²) in [5.74, 6) is 1.20. The molecule has 3 rings (SSSR count). The second-order valence-corrected chi connectivity index (χ2v) is 10.2. The zero-order valence-electron chi connectivity index (χ0n) is 15.7. The first-order chi connectivity index (χ1) is 11.8. The lowest BCUT2D eigenvalue weighted by molar-refractivity contribution is -0.104. The maximum atomic E-state index is 13.0. The van der Waals surface area contributed by atoms with Crippen LogP contribution in [-0.2, 0) is 14.5 Å². The Morgan fingerprint density at radius 1 is 1.36 bits per heavy atom. The summed E-state index contributed by atoms with van der Waals surface area (Å²) in [7, 11) is -0.429. The van der Waals surface area contributed by atoms with E-state index in [9.17, 15) is 9.00 Å². The van der Waals surface area contributed by atoms with Crippen molar-refractivity contribution in [3.8, 4) is 0 Å². The van der Waals surface area contributed by atoms with Gasteiger partial charge in [0.05, 0.1) is 24.3 Å². The minimum atomic E-state index is -2.07. The monoisotopic (exact) mass is 367 g/mol. The maximum Gasteiger partial charge on any atom is 0.255 e. The van der Waals surface area contributed by atoms with Gasteiger partial charge in [0.2, 0.25) is 0 Å². The third-order valence-electron chi connectivity index (χ3n) is 5.59. The quantitative estimate of drug-likeness (QED) is 0.807. The normalized spacial score (nSPS) is 30.0. The van der Waals surface area contributed by atoms with Gasteiger partial charge in [0, 0.05) is 52.8 Å². The largest absolute Gasteiger partial charge is 0.371 e. The molecule has 0 aromatic carbocycles. The van der Waals surface area contributed by atoms with E-state index in [1.54, 1.807) is 7.05 Å². The van der Waals surface area contributed by atoms with Crippen molar-refractivity contribution >= 4 is 15.6 Å². The van der Waals surface area contributed by atoms with Crippen LogP contribution in [-0.4, -0.2) is 63.4 Å². The van der Waals surface area contributed by atoms with Gasteiger partial charge >= 0.3 is 0 Å². The average Bonchev–Trinajstić information content (AvgIpc) is 2.99. The van der Waals surface area contributed by atoms with E-state index in [-0.39, 0.29) is 11.5 Å². The van der Waals surface area contributed by atoms with E-state index in [0.29, 0.717) is 50.1 Å². The summed E-state index contributed by atoms with van der Waals surface area (Å²) in [5.41, 5.74) is 1.43. The molecule has 0 aliphatic carbocycles. The molecule has 140 valence electrons. The van der Waals surface area contributed by atoms with E-state index in [1.165, 1.54) is 0 Å². The van der Waals surface area contributed by atoms with Gasteiger partial charge in [-0.25, -0.2) is 8.57 Å². The summed E-state index contributed by atoms with van der Waals surface area (Å²) in [6.07, 6.45) is 3.40. The van der Waals surface area contributed by atoms with E-state index in [4.69, 9.17) is 4.74 Å². The number of ether oxygens (including phenoxy) is 1. The van der Waals surface area contributed by atoms with Crippen molar-refractivity contribution in [2.45, 2.75) is 45.3 Å². The highest BCUT2D eigenvalue weighted by Gasteiger charge is 2.42. The third kappa shape index (κ3) is 3.49. The van der Waals surface area contributed by atoms with Gasteiger partial charge in [0.15, 0.2) is 0 Å². The molecule has 0 saturated carbocycles. The van der Waals surface area contributed by atoms with Crippen molar-refractivity contribution in [1.82, 2.24) is 9.47 Å². The smallest absolute Gasteiger partial charge is 0.255 e. The lowest BCUT2D eigenvalue weighted by Crippen LogP contribution is -2.56. The van der Waals surface area contributed by atoms with Gasteiger partial charge in [-0.15, -0.1) is 0 Å². The summed E-state index contributed by atoms with van der Waals surface area (Å²) in [5, 5.41) is 0. The summed E-state index contributed by atoms with van der Waals surface area (Å²) in [4.78, 5) is 15.0. The Kier molecular flexibility index (Phi) is 4.99. The number of rotatable bonds is 2. The maximum absolute atomic E-state index is 13.0. The van der Waals surface area contributed by atoms with Crippen molar-refractivity contribution in [2.75, 3.05) is 38.2 Å². The topological polar surface area (TPSA) is 63.9 Å². The molecular formula is C18H29N3O3S. The zero-order valence-corrected chi connectivity index (χ0v) is 16.5. The van der Waals surface area contributed by atoms with Crippen LogP contribution in [0.3, 0.4) is 0 Å². The fourth-order valence-electron chi connectivity index (χ4n) is 3.90. The molecule has 0 radical (unpaired) electrons. The molecule has 0 N–H and O–H groups in total. The molecular weight excluding hydrogens is 338 g/mol. The number of hydrogen-bond donors (Lipinski definition) is 0. The van der Waals surface area contributed by atoms with Gasteiger partial charge in [0.1, 0.15) is 0 Å². The predicted molar refractivity (Wildman–Crippen MR) is 99.6 cm³/mol. The van der Waals surface area contributed by atoms with Gasteiger partial charge in [-0.05, 0) is 39.7 Å². The Labute approximate surface area is 150 Å². The van der Waals surface area contributed by atoms with Gasteiger partial charge < -0.3 is 14.2 Å². The molecule has 2 aliphatic heterocycles. The first kappa shape index (κ1) is 18.5. The van der Waals surface area contributed by atoms with Crippen molar-refractivity contribution in [2.24, 2.45) is 4.36 Å². The summed E-state index contributed by atoms with van der Waals surface area (Å²) in [6.45, 7) is 7.96. The molecule has 0 unspecified atom stereocenters. The minimum Gasteiger partial charge on any atom is -0.371 e. The van der Waals surface area contributed by atoms with Crippen molar-refractivity contribution in [1.29, 1.82) is 0 Å². The molecule has 6 nitrogen and oxygen atoms in total. The standard InChI is InChI=1S/C18H29N3O3S/c1-14(2)21-8-5-16(15(21)3)17(22)20-9-10-24-18(13-20)6-11-25(23,19-4)12-7-18/h5,8,14H,6-7,9-13H2,1-4H3. The van der Waals surface area contributed by atoms with Gasteiger partial charge in [-0.1, -0.05) is 0 Å². The van der Waals surface area contributed by atoms with E-state index < -0.39 is 9.73 Å². The fraction of sp³-hybridized carbons (Fsp3) is 0.722. The highest BCUT2D eigenvalue weighted by atomic mass is 32.2. The van der Waals surface area contributed by atoms with Crippen LogP contribution in [0.15, 0.2) is 16.6 Å². The SMILES string of the molecule is CN=S1(=O)CCC2(CC1)CN(C(=O)c1ccn(C(C)C)c1C)CCO2. The second kappa shape index (κ2) is 6.76. The van der Waals surface area contributed by atoms with E-state index in [1.807, 2.05) is 24.1 Å². The number of morpholine rings is 1. The van der Waals surface area contributed by atoms with Crippen LogP contribution in [0, 0.1) is 6.92 Å². The number of aromatic nitrogens is 1. The Morgan fingerprint density at radius 2 is 2.04 bits per heavy atom. The van der Waals surface area contributed by atoms with E-state index >= 15 is 0 Å². The molecule has 3 heterocycles. The third-order valence-corrected chi connectivity index (χ3v) is 7.94. The molecule has 1 amide bonds. The Morgan fingerprint density at radius 3 is 2.60 bits per heavy atom. The molecule has 0 bridgehead atoms. The second-order valence-electron chi connectivity index (χ2n) is 7.44. The Balaban J connectivity index is 1.76. The predicted octanol–water partition coefficient (Wildman–Crippen LogP) is 2.48. The van der Waals surface area contributed by atoms with Crippen LogP contribution in [0.25, 0.3) is 0 Å². The van der Waals surface area contributed by atoms with Gasteiger partial charge in [0.25, 0.3) is 5.91 Å². The fourth-order valence-corrected chi connectivity index (χ4v) is 5.85. The average molecular weight is 368 g/mol. The number of hydrogen-bond acceptors (Lipinski definition) is 4. The van der Waals surface area contributed by atoms with Gasteiger partial charge in [-0.2, -0.15) is 0 Å². The number of carbonyl (C=O) groups is 1. The minimum absolute atomic E-state index is 0.0751. The molecule has 2 aliphatic rings. The Bertz CT molecular complexity index is 761. The first-order valence-corrected chi connectivity index (χ1v) is 10.9. The van der Waals surface area contributed by atoms with Crippen molar-refractivity contribution in [3.63, 3.8) is 0 Å². The lowest BCUT2D eigenvalue weighted by atomic mass is 9.94. The van der Waals surface area contributed by atoms with Crippen LogP contribution in [0.4, 0.5) is 0 Å². The highest BCUT2D eigenvalue weighted by Crippen LogP contribution is 2.32. The van der Waals surface area contributed by atoms with Crippen LogP contribution in [0.1, 0.15) is 48.8 Å². The van der Waals surface area contributed by atoms with E-state index in [0.717, 1.165) is 11.3 Å². The Hall–Kier alpha value is -1.34. The first-order valence-electron chi connectivity index (χ1n) is 9.00. The van der Waals surface area contributed by atoms with E-state index in [2.05, 4.69) is 22.8 Å². The molecule has 0 atom stereocenters. The molecule has 25 heavy (non-hydrogen) atoms. The van der Waals surface area contributed by atoms with Crippen molar-refractivity contribution in [3.05, 3.63) is 23.5 Å². The number of carbonyl (C=O) groups excluding carboxylic acids is 1. The van der Waals surface area contributed by atoms with Crippen LogP contribution >= 0.6 is 0 Å². The molecule has 2 fully saturated rings. The highest BCUT2D eigenvalue weighted by molar-refractivity contribution is 7.93. The molecule has 1 aromatic rings. The number of amides is 1. The van der Waals surface area contributed by atoms with Crippen LogP contribution in [0.2, 0.25) is 0 Å². The van der Waals surface area contributed by atoms with Gasteiger partial charge in [-0.3, -0.25) is 4.79 Å². The van der Waals surface area contributed by atoms with Crippen molar-refractivity contribution < 1.29 is 13.7 Å². The molecule has 7 heteroatoms. The molecule has 1 spiro atoms. The summed E-state index contributed by atoms with van der Waals surface area (Å²) >= 11 is 0. The van der Waals surface area contributed by atoms with Crippen LogP contribution in [0.5, 0.6) is 0 Å². The molecule has 2 saturated heterocycles. The zero-order chi connectivity index (χ0) is 18.2. The van der Waals surface area contributed by atoms with Crippen LogP contribution < -0.4 is 0 Å². The summed E-state index contributed by atoms with van der Waals surface area (Å²) in [6, 6.07) is 2.26.